The van der Waals surface area contributed by atoms with Crippen LogP contribution in [0.25, 0.3) is 0 Å². The lowest BCUT2D eigenvalue weighted by atomic mass is 9.98. The number of benzene rings is 1. The number of aromatic carboxylic acids is 1. The minimum absolute atomic E-state index is 0.0883. The van der Waals surface area contributed by atoms with Gasteiger partial charge < -0.3 is 15.7 Å². The highest BCUT2D eigenvalue weighted by Gasteiger charge is 2.22. The molecule has 0 aromatic heterocycles. The van der Waals surface area contributed by atoms with Gasteiger partial charge in [-0.25, -0.2) is 4.79 Å². The van der Waals surface area contributed by atoms with Crippen LogP contribution in [0.4, 0.5) is 5.69 Å². The zero-order valence-electron chi connectivity index (χ0n) is 10.3. The summed E-state index contributed by atoms with van der Waals surface area (Å²) >= 11 is 2.05. The number of carbonyl (C=O) groups is 2. The van der Waals surface area contributed by atoms with E-state index in [4.69, 9.17) is 5.11 Å². The Labute approximate surface area is 124 Å². The van der Waals surface area contributed by atoms with Crippen molar-refractivity contribution in [2.45, 2.75) is 12.8 Å². The molecule has 1 heterocycles. The minimum atomic E-state index is -1.03. The van der Waals surface area contributed by atoms with Crippen LogP contribution in [-0.2, 0) is 4.79 Å². The van der Waals surface area contributed by atoms with Gasteiger partial charge in [0.1, 0.15) is 0 Å². The molecular formula is C13H15IN2O3. The van der Waals surface area contributed by atoms with Crippen molar-refractivity contribution in [2.75, 3.05) is 18.4 Å². The van der Waals surface area contributed by atoms with E-state index in [2.05, 4.69) is 10.6 Å². The number of hydrogen-bond donors (Lipinski definition) is 3. The Morgan fingerprint density at radius 2 is 2.21 bits per heavy atom. The van der Waals surface area contributed by atoms with E-state index >= 15 is 0 Å². The smallest absolute Gasteiger partial charge is 0.337 e. The van der Waals surface area contributed by atoms with E-state index < -0.39 is 5.97 Å². The summed E-state index contributed by atoms with van der Waals surface area (Å²) < 4.78 is 0.826. The second kappa shape index (κ2) is 6.33. The van der Waals surface area contributed by atoms with E-state index in [1.807, 2.05) is 22.6 Å². The van der Waals surface area contributed by atoms with Crippen LogP contribution in [0.3, 0.4) is 0 Å². The number of rotatable bonds is 3. The molecule has 5 nitrogen and oxygen atoms in total. The van der Waals surface area contributed by atoms with Crippen molar-refractivity contribution in [1.29, 1.82) is 0 Å². The normalized spacial score (nSPS) is 18.9. The molecule has 1 amide bonds. The highest BCUT2D eigenvalue weighted by molar-refractivity contribution is 14.1. The molecule has 1 saturated heterocycles. The Bertz CT molecular complexity index is 499. The van der Waals surface area contributed by atoms with E-state index in [0.29, 0.717) is 12.2 Å². The summed E-state index contributed by atoms with van der Waals surface area (Å²) in [6, 6.07) is 4.97. The molecule has 1 aliphatic rings. The summed E-state index contributed by atoms with van der Waals surface area (Å²) in [6.07, 6.45) is 1.81. The fourth-order valence-electron chi connectivity index (χ4n) is 2.11. The fourth-order valence-corrected chi connectivity index (χ4v) is 2.60. The SMILES string of the molecule is O=C(O)c1cc(I)ccc1NC(=O)[C@@H]1CCCNC1. The average Bonchev–Trinajstić information content (AvgIpc) is 2.41. The maximum atomic E-state index is 12.1. The first-order chi connectivity index (χ1) is 9.08. The van der Waals surface area contributed by atoms with Gasteiger partial charge in [-0.2, -0.15) is 0 Å². The van der Waals surface area contributed by atoms with Crippen LogP contribution in [0.5, 0.6) is 0 Å². The van der Waals surface area contributed by atoms with Crippen LogP contribution in [-0.4, -0.2) is 30.1 Å². The molecule has 1 atom stereocenters. The number of piperidine rings is 1. The Balaban J connectivity index is 2.13. The first kappa shape index (κ1) is 14.3. The standard InChI is InChI=1S/C13H15IN2O3/c14-9-3-4-11(10(6-9)13(18)19)16-12(17)8-2-1-5-15-7-8/h3-4,6,8,15H,1-2,5,7H2,(H,16,17)(H,18,19)/t8-/m1/s1. The third-order valence-corrected chi connectivity index (χ3v) is 3.81. The number of carbonyl (C=O) groups excluding carboxylic acids is 1. The highest BCUT2D eigenvalue weighted by Crippen LogP contribution is 2.21. The molecule has 102 valence electrons. The second-order valence-electron chi connectivity index (χ2n) is 4.53. The Morgan fingerprint density at radius 3 is 2.84 bits per heavy atom. The van der Waals surface area contributed by atoms with Crippen LogP contribution in [0, 0.1) is 9.49 Å². The summed E-state index contributed by atoms with van der Waals surface area (Å²) in [5, 5.41) is 15.0. The number of hydrogen-bond acceptors (Lipinski definition) is 3. The van der Waals surface area contributed by atoms with E-state index in [0.717, 1.165) is 23.0 Å². The van der Waals surface area contributed by atoms with Gasteiger partial charge in [-0.1, -0.05) is 0 Å². The molecule has 0 aliphatic carbocycles. The molecule has 3 N–H and O–H groups in total. The maximum absolute atomic E-state index is 12.1. The van der Waals surface area contributed by atoms with Crippen molar-refractivity contribution in [3.8, 4) is 0 Å². The van der Waals surface area contributed by atoms with Gasteiger partial charge in [-0.15, -0.1) is 0 Å². The topological polar surface area (TPSA) is 78.4 Å². The number of halogens is 1. The summed E-state index contributed by atoms with van der Waals surface area (Å²) in [6.45, 7) is 1.59. The van der Waals surface area contributed by atoms with Gasteiger partial charge in [0.2, 0.25) is 5.91 Å². The molecule has 1 aliphatic heterocycles. The molecule has 1 aromatic rings. The Morgan fingerprint density at radius 1 is 1.42 bits per heavy atom. The monoisotopic (exact) mass is 374 g/mol. The Hall–Kier alpha value is -1.15. The molecule has 2 rings (SSSR count). The quantitative estimate of drug-likeness (QED) is 0.707. The number of anilines is 1. The van der Waals surface area contributed by atoms with E-state index in [-0.39, 0.29) is 17.4 Å². The second-order valence-corrected chi connectivity index (χ2v) is 5.77. The van der Waals surface area contributed by atoms with Crippen LogP contribution in [0.15, 0.2) is 18.2 Å². The van der Waals surface area contributed by atoms with Crippen molar-refractivity contribution >= 4 is 40.2 Å². The molecule has 0 spiro atoms. The predicted molar refractivity (Wildman–Crippen MR) is 80.3 cm³/mol. The average molecular weight is 374 g/mol. The Kier molecular flexibility index (Phi) is 4.76. The minimum Gasteiger partial charge on any atom is -0.478 e. The summed E-state index contributed by atoms with van der Waals surface area (Å²) in [5.74, 6) is -1.24. The zero-order valence-corrected chi connectivity index (χ0v) is 12.4. The summed E-state index contributed by atoms with van der Waals surface area (Å²) in [5.41, 5.74) is 0.493. The summed E-state index contributed by atoms with van der Waals surface area (Å²) in [7, 11) is 0. The summed E-state index contributed by atoms with van der Waals surface area (Å²) in [4.78, 5) is 23.2. The molecule has 0 saturated carbocycles. The number of nitrogens with one attached hydrogen (secondary N) is 2. The largest absolute Gasteiger partial charge is 0.478 e. The predicted octanol–water partition coefficient (Wildman–Crippen LogP) is 1.93. The number of carboxylic acid groups (broad SMARTS) is 1. The molecule has 0 unspecified atom stereocenters. The van der Waals surface area contributed by atoms with Gasteiger partial charge in [-0.05, 0) is 60.2 Å². The third-order valence-electron chi connectivity index (χ3n) is 3.14. The maximum Gasteiger partial charge on any atom is 0.337 e. The van der Waals surface area contributed by atoms with Gasteiger partial charge in [0.05, 0.1) is 17.2 Å². The van der Waals surface area contributed by atoms with Gasteiger partial charge >= 0.3 is 5.97 Å². The van der Waals surface area contributed by atoms with Gasteiger partial charge in [0, 0.05) is 10.1 Å². The van der Waals surface area contributed by atoms with Crippen LogP contribution < -0.4 is 10.6 Å². The first-order valence-electron chi connectivity index (χ1n) is 6.12. The molecule has 0 radical (unpaired) electrons. The molecule has 19 heavy (non-hydrogen) atoms. The highest BCUT2D eigenvalue weighted by atomic mass is 127. The van der Waals surface area contributed by atoms with Crippen molar-refractivity contribution in [3.63, 3.8) is 0 Å². The van der Waals surface area contributed by atoms with Crippen LogP contribution >= 0.6 is 22.6 Å². The van der Waals surface area contributed by atoms with E-state index in [1.54, 1.807) is 18.2 Å². The van der Waals surface area contributed by atoms with Gasteiger partial charge in [0.15, 0.2) is 0 Å². The van der Waals surface area contributed by atoms with Crippen molar-refractivity contribution in [2.24, 2.45) is 5.92 Å². The first-order valence-corrected chi connectivity index (χ1v) is 7.20. The lowest BCUT2D eigenvalue weighted by molar-refractivity contribution is -0.120. The molecule has 1 fully saturated rings. The van der Waals surface area contributed by atoms with E-state index in [9.17, 15) is 9.59 Å². The van der Waals surface area contributed by atoms with Crippen molar-refractivity contribution in [3.05, 3.63) is 27.3 Å². The van der Waals surface area contributed by atoms with Crippen molar-refractivity contribution in [1.82, 2.24) is 5.32 Å². The third kappa shape index (κ3) is 3.66. The van der Waals surface area contributed by atoms with Gasteiger partial charge in [0.25, 0.3) is 0 Å². The number of amides is 1. The lowest BCUT2D eigenvalue weighted by Crippen LogP contribution is -2.37. The van der Waals surface area contributed by atoms with Gasteiger partial charge in [-0.3, -0.25) is 4.79 Å². The molecule has 0 bridgehead atoms. The number of carboxylic acids is 1. The van der Waals surface area contributed by atoms with Crippen LogP contribution in [0.2, 0.25) is 0 Å². The fraction of sp³-hybridized carbons (Fsp3) is 0.385. The zero-order chi connectivity index (χ0) is 13.8. The molecular weight excluding hydrogens is 359 g/mol. The lowest BCUT2D eigenvalue weighted by Gasteiger charge is -2.22. The van der Waals surface area contributed by atoms with Crippen molar-refractivity contribution < 1.29 is 14.7 Å². The van der Waals surface area contributed by atoms with Crippen LogP contribution in [0.1, 0.15) is 23.2 Å². The molecule has 1 aromatic carbocycles. The van der Waals surface area contributed by atoms with E-state index in [1.165, 1.54) is 0 Å². The molecule has 6 heteroatoms.